The molecule has 0 saturated carbocycles. The fourth-order valence-electron chi connectivity index (χ4n) is 2.47. The van der Waals surface area contributed by atoms with Gasteiger partial charge in [-0.15, -0.1) is 0 Å². The molecule has 0 aromatic heterocycles. The molecule has 1 saturated heterocycles. The topological polar surface area (TPSA) is 46.6 Å². The minimum absolute atomic E-state index is 0.122. The Balaban J connectivity index is 2.11. The molecule has 1 heterocycles. The van der Waals surface area contributed by atoms with Gasteiger partial charge in [0.1, 0.15) is 6.61 Å². The molecule has 4 heteroatoms. The van der Waals surface area contributed by atoms with E-state index in [1.54, 1.807) is 0 Å². The van der Waals surface area contributed by atoms with Crippen LogP contribution >= 0.6 is 0 Å². The monoisotopic (exact) mass is 275 g/mol. The third kappa shape index (κ3) is 3.18. The van der Waals surface area contributed by atoms with Gasteiger partial charge in [0, 0.05) is 6.42 Å². The number of hydrogen-bond acceptors (Lipinski definition) is 3. The van der Waals surface area contributed by atoms with Crippen molar-refractivity contribution in [1.82, 2.24) is 4.90 Å². The van der Waals surface area contributed by atoms with Gasteiger partial charge < -0.3 is 4.74 Å². The van der Waals surface area contributed by atoms with E-state index in [1.165, 1.54) is 10.5 Å². The predicted molar refractivity (Wildman–Crippen MR) is 76.4 cm³/mol. The Morgan fingerprint density at radius 1 is 1.30 bits per heavy atom. The summed E-state index contributed by atoms with van der Waals surface area (Å²) in [5.74, 6) is 0.309. The maximum Gasteiger partial charge on any atom is 0.416 e. The molecule has 2 amide bonds. The number of carbonyl (C=O) groups is 2. The van der Waals surface area contributed by atoms with Crippen LogP contribution in [0.4, 0.5) is 4.79 Å². The first-order chi connectivity index (χ1) is 9.49. The van der Waals surface area contributed by atoms with Crippen molar-refractivity contribution in [3.63, 3.8) is 0 Å². The maximum absolute atomic E-state index is 12.2. The number of carbonyl (C=O) groups excluding carboxylic acids is 2. The van der Waals surface area contributed by atoms with E-state index < -0.39 is 6.09 Å². The van der Waals surface area contributed by atoms with Crippen molar-refractivity contribution in [2.45, 2.75) is 33.1 Å². The summed E-state index contributed by atoms with van der Waals surface area (Å²) in [6.07, 6.45) is -0.169. The summed E-state index contributed by atoms with van der Waals surface area (Å²) in [7, 11) is 0. The summed E-state index contributed by atoms with van der Waals surface area (Å²) in [5, 5.41) is 0. The molecule has 1 aromatic rings. The molecule has 1 aliphatic rings. The van der Waals surface area contributed by atoms with Crippen LogP contribution in [0.1, 0.15) is 37.3 Å². The van der Waals surface area contributed by atoms with Gasteiger partial charge in [0.15, 0.2) is 0 Å². The molecule has 1 aliphatic heterocycles. The van der Waals surface area contributed by atoms with E-state index in [0.29, 0.717) is 25.5 Å². The molecule has 2 rings (SSSR count). The molecule has 0 radical (unpaired) electrons. The van der Waals surface area contributed by atoms with Crippen molar-refractivity contribution >= 4 is 12.0 Å². The van der Waals surface area contributed by atoms with Crippen molar-refractivity contribution in [1.29, 1.82) is 0 Å². The number of nitrogens with zero attached hydrogens (tertiary/aromatic N) is 1. The zero-order valence-corrected chi connectivity index (χ0v) is 12.3. The maximum atomic E-state index is 12.2. The summed E-state index contributed by atoms with van der Waals surface area (Å²) < 4.78 is 4.82. The number of hydrogen-bond donors (Lipinski definition) is 0. The molecule has 1 fully saturated rings. The van der Waals surface area contributed by atoms with E-state index in [1.807, 2.05) is 6.92 Å². The highest BCUT2D eigenvalue weighted by Gasteiger charge is 2.31. The predicted octanol–water partition coefficient (Wildman–Crippen LogP) is 3.10. The van der Waals surface area contributed by atoms with Crippen molar-refractivity contribution in [2.24, 2.45) is 5.92 Å². The lowest BCUT2D eigenvalue weighted by atomic mass is 9.85. The first-order valence-electron chi connectivity index (χ1n) is 7.02. The van der Waals surface area contributed by atoms with E-state index in [0.717, 1.165) is 5.56 Å². The molecule has 20 heavy (non-hydrogen) atoms. The molecular formula is C16H21NO3. The quantitative estimate of drug-likeness (QED) is 0.848. The van der Waals surface area contributed by atoms with Gasteiger partial charge in [0.2, 0.25) is 5.91 Å². The van der Waals surface area contributed by atoms with Gasteiger partial charge in [-0.05, 0) is 24.3 Å². The third-order valence-electron chi connectivity index (χ3n) is 3.77. The average Bonchev–Trinajstić information content (AvgIpc) is 2.83. The fraction of sp³-hybridized carbons (Fsp3) is 0.500. The Kier molecular flexibility index (Phi) is 4.42. The van der Waals surface area contributed by atoms with E-state index in [9.17, 15) is 9.59 Å². The Labute approximate surface area is 119 Å². The molecule has 0 bridgehead atoms. The normalized spacial score (nSPS) is 16.4. The van der Waals surface area contributed by atoms with Crippen LogP contribution in [0.5, 0.6) is 0 Å². The Bertz CT molecular complexity index is 493. The highest BCUT2D eigenvalue weighted by molar-refractivity contribution is 5.93. The molecule has 4 nitrogen and oxygen atoms in total. The average molecular weight is 275 g/mol. The number of ether oxygens (including phenoxy) is 1. The summed E-state index contributed by atoms with van der Waals surface area (Å²) in [4.78, 5) is 24.9. The van der Waals surface area contributed by atoms with Gasteiger partial charge >= 0.3 is 6.09 Å². The smallest absolute Gasteiger partial charge is 0.416 e. The van der Waals surface area contributed by atoms with E-state index in [-0.39, 0.29) is 11.8 Å². The van der Waals surface area contributed by atoms with Crippen LogP contribution in [0.3, 0.4) is 0 Å². The molecule has 0 N–H and O–H groups in total. The lowest BCUT2D eigenvalue weighted by Gasteiger charge is -2.22. The lowest BCUT2D eigenvalue weighted by Crippen LogP contribution is -2.33. The van der Waals surface area contributed by atoms with Gasteiger partial charge in [0.05, 0.1) is 6.54 Å². The van der Waals surface area contributed by atoms with Crippen molar-refractivity contribution < 1.29 is 14.3 Å². The van der Waals surface area contributed by atoms with Crippen LogP contribution < -0.4 is 0 Å². The summed E-state index contributed by atoms with van der Waals surface area (Å²) in [6, 6.07) is 8.24. The van der Waals surface area contributed by atoms with E-state index >= 15 is 0 Å². The first kappa shape index (κ1) is 14.6. The number of imide groups is 1. The van der Waals surface area contributed by atoms with Crippen molar-refractivity contribution in [2.75, 3.05) is 13.2 Å². The van der Waals surface area contributed by atoms with E-state index in [2.05, 4.69) is 38.1 Å². The number of rotatable bonds is 4. The van der Waals surface area contributed by atoms with Gasteiger partial charge in [-0.2, -0.15) is 0 Å². The summed E-state index contributed by atoms with van der Waals surface area (Å²) in [6.45, 7) is 6.91. The standard InChI is InChI=1S/C16H21NO3/c1-11(2)14(13-6-4-12(3)5-7-13)10-15(18)17-8-9-20-16(17)19/h4-7,11,14H,8-10H2,1-3H3. The van der Waals surface area contributed by atoms with Gasteiger partial charge in [0.25, 0.3) is 0 Å². The number of cyclic esters (lactones) is 1. The lowest BCUT2D eigenvalue weighted by molar-refractivity contribution is -0.128. The Morgan fingerprint density at radius 3 is 2.45 bits per heavy atom. The molecule has 1 atom stereocenters. The highest BCUT2D eigenvalue weighted by atomic mass is 16.6. The molecule has 1 aromatic carbocycles. The van der Waals surface area contributed by atoms with E-state index in [4.69, 9.17) is 4.74 Å². The summed E-state index contributed by atoms with van der Waals surface area (Å²) in [5.41, 5.74) is 2.34. The SMILES string of the molecule is Cc1ccc(C(CC(=O)N2CCOC2=O)C(C)C)cc1. The Hall–Kier alpha value is -1.84. The number of benzene rings is 1. The van der Waals surface area contributed by atoms with Crippen LogP contribution in [0, 0.1) is 12.8 Å². The fourth-order valence-corrected chi connectivity index (χ4v) is 2.47. The molecule has 0 spiro atoms. The second-order valence-electron chi connectivity index (χ2n) is 5.63. The minimum Gasteiger partial charge on any atom is -0.447 e. The molecular weight excluding hydrogens is 254 g/mol. The molecule has 1 unspecified atom stereocenters. The van der Waals surface area contributed by atoms with Crippen LogP contribution in [0.25, 0.3) is 0 Å². The second-order valence-corrected chi connectivity index (χ2v) is 5.63. The zero-order valence-electron chi connectivity index (χ0n) is 12.3. The van der Waals surface area contributed by atoms with Crippen LogP contribution in [-0.2, 0) is 9.53 Å². The zero-order chi connectivity index (χ0) is 14.7. The van der Waals surface area contributed by atoms with Gasteiger partial charge in [-0.1, -0.05) is 43.7 Å². The van der Waals surface area contributed by atoms with Gasteiger partial charge in [-0.25, -0.2) is 9.69 Å². The minimum atomic E-state index is -0.513. The van der Waals surface area contributed by atoms with Gasteiger partial charge in [-0.3, -0.25) is 4.79 Å². The summed E-state index contributed by atoms with van der Waals surface area (Å²) >= 11 is 0. The van der Waals surface area contributed by atoms with Crippen molar-refractivity contribution in [3.05, 3.63) is 35.4 Å². The second kappa shape index (κ2) is 6.07. The highest BCUT2D eigenvalue weighted by Crippen LogP contribution is 2.29. The Morgan fingerprint density at radius 2 is 1.95 bits per heavy atom. The number of aryl methyl sites for hydroxylation is 1. The third-order valence-corrected chi connectivity index (χ3v) is 3.77. The first-order valence-corrected chi connectivity index (χ1v) is 7.02. The van der Waals surface area contributed by atoms with Crippen LogP contribution in [0.2, 0.25) is 0 Å². The largest absolute Gasteiger partial charge is 0.447 e. The molecule has 108 valence electrons. The molecule has 0 aliphatic carbocycles. The van der Waals surface area contributed by atoms with Crippen molar-refractivity contribution in [3.8, 4) is 0 Å². The van der Waals surface area contributed by atoms with Crippen LogP contribution in [-0.4, -0.2) is 30.1 Å². The number of amides is 2. The van der Waals surface area contributed by atoms with Crippen LogP contribution in [0.15, 0.2) is 24.3 Å².